The number of hydrogen-bond acceptors (Lipinski definition) is 5. The number of carbonyl (C=O) groups is 1. The fourth-order valence-electron chi connectivity index (χ4n) is 2.13. The number of carbonyl (C=O) groups excluding carboxylic acids is 1. The zero-order chi connectivity index (χ0) is 13.9. The lowest BCUT2D eigenvalue weighted by atomic mass is 10.2. The fourth-order valence-corrected chi connectivity index (χ4v) is 2.13. The van der Waals surface area contributed by atoms with Crippen LogP contribution in [0.2, 0.25) is 0 Å². The van der Waals surface area contributed by atoms with E-state index in [0.717, 1.165) is 18.5 Å². The van der Waals surface area contributed by atoms with Gasteiger partial charge in [0.05, 0.1) is 11.4 Å². The molecule has 0 atom stereocenters. The Morgan fingerprint density at radius 2 is 1.90 bits per heavy atom. The molecule has 1 amide bonds. The van der Waals surface area contributed by atoms with Crippen LogP contribution in [0.5, 0.6) is 11.5 Å². The van der Waals surface area contributed by atoms with E-state index >= 15 is 0 Å². The average Bonchev–Trinajstić information content (AvgIpc) is 3.28. The molecule has 108 valence electrons. The van der Waals surface area contributed by atoms with Crippen molar-refractivity contribution >= 4 is 17.3 Å². The van der Waals surface area contributed by atoms with Crippen molar-refractivity contribution in [3.05, 3.63) is 12.1 Å². The van der Waals surface area contributed by atoms with E-state index in [1.807, 2.05) is 6.07 Å². The smallest absolute Gasteiger partial charge is 0.223 e. The summed E-state index contributed by atoms with van der Waals surface area (Å²) in [6.07, 6.45) is 2.04. The molecule has 0 aromatic heterocycles. The zero-order valence-electron chi connectivity index (χ0n) is 11.3. The normalized spacial score (nSPS) is 16.6. The van der Waals surface area contributed by atoms with Gasteiger partial charge in [-0.05, 0) is 12.8 Å². The van der Waals surface area contributed by atoms with Crippen LogP contribution in [0.25, 0.3) is 0 Å². The molecule has 20 heavy (non-hydrogen) atoms. The van der Waals surface area contributed by atoms with E-state index in [1.165, 1.54) is 0 Å². The first-order chi connectivity index (χ1) is 9.74. The topological polar surface area (TPSA) is 85.6 Å². The van der Waals surface area contributed by atoms with Gasteiger partial charge in [0.1, 0.15) is 13.2 Å². The molecule has 1 aliphatic heterocycles. The van der Waals surface area contributed by atoms with Gasteiger partial charge in [-0.1, -0.05) is 0 Å². The van der Waals surface area contributed by atoms with Gasteiger partial charge in [-0.2, -0.15) is 0 Å². The minimum atomic E-state index is 0.155. The van der Waals surface area contributed by atoms with Gasteiger partial charge in [-0.3, -0.25) is 4.79 Å². The second-order valence-electron chi connectivity index (χ2n) is 5.08. The lowest BCUT2D eigenvalue weighted by molar-refractivity contribution is -0.122. The summed E-state index contributed by atoms with van der Waals surface area (Å²) >= 11 is 0. The van der Waals surface area contributed by atoms with Crippen molar-refractivity contribution in [2.75, 3.05) is 37.4 Å². The molecule has 3 rings (SSSR count). The summed E-state index contributed by atoms with van der Waals surface area (Å²) < 4.78 is 11.0. The molecule has 6 heteroatoms. The molecular formula is C14H19N3O3. The SMILES string of the molecule is Nc1cc2c(cc1NCCNC(=O)C1CC1)OCCO2. The van der Waals surface area contributed by atoms with E-state index in [4.69, 9.17) is 15.2 Å². The largest absolute Gasteiger partial charge is 0.486 e. The number of nitrogens with one attached hydrogen (secondary N) is 2. The van der Waals surface area contributed by atoms with Crippen molar-refractivity contribution in [2.45, 2.75) is 12.8 Å². The van der Waals surface area contributed by atoms with Crippen molar-refractivity contribution < 1.29 is 14.3 Å². The molecule has 6 nitrogen and oxygen atoms in total. The van der Waals surface area contributed by atoms with Gasteiger partial charge in [0.2, 0.25) is 5.91 Å². The molecule has 0 saturated heterocycles. The highest BCUT2D eigenvalue weighted by Gasteiger charge is 2.28. The van der Waals surface area contributed by atoms with Gasteiger partial charge in [-0.25, -0.2) is 0 Å². The third-order valence-corrected chi connectivity index (χ3v) is 3.40. The predicted octanol–water partition coefficient (Wildman–Crippen LogP) is 0.978. The van der Waals surface area contributed by atoms with Crippen LogP contribution in [0.15, 0.2) is 12.1 Å². The number of nitrogens with two attached hydrogens (primary N) is 1. The van der Waals surface area contributed by atoms with E-state index in [1.54, 1.807) is 6.07 Å². The van der Waals surface area contributed by atoms with Crippen molar-refractivity contribution in [1.82, 2.24) is 5.32 Å². The first-order valence-corrected chi connectivity index (χ1v) is 6.95. The maximum Gasteiger partial charge on any atom is 0.223 e. The minimum absolute atomic E-state index is 0.155. The highest BCUT2D eigenvalue weighted by atomic mass is 16.6. The van der Waals surface area contributed by atoms with Crippen LogP contribution >= 0.6 is 0 Å². The van der Waals surface area contributed by atoms with Crippen LogP contribution in [-0.4, -0.2) is 32.2 Å². The Balaban J connectivity index is 1.52. The summed E-state index contributed by atoms with van der Waals surface area (Å²) in [5.74, 6) is 1.78. The predicted molar refractivity (Wildman–Crippen MR) is 76.1 cm³/mol. The van der Waals surface area contributed by atoms with Crippen molar-refractivity contribution in [3.8, 4) is 11.5 Å². The van der Waals surface area contributed by atoms with E-state index in [2.05, 4.69) is 10.6 Å². The van der Waals surface area contributed by atoms with E-state index in [-0.39, 0.29) is 11.8 Å². The maximum absolute atomic E-state index is 11.5. The van der Waals surface area contributed by atoms with E-state index in [0.29, 0.717) is 43.5 Å². The number of amides is 1. The number of anilines is 2. The Hall–Kier alpha value is -2.11. The molecule has 0 bridgehead atoms. The van der Waals surface area contributed by atoms with Gasteiger partial charge in [0, 0.05) is 31.1 Å². The molecule has 1 aromatic carbocycles. The third-order valence-electron chi connectivity index (χ3n) is 3.40. The molecular weight excluding hydrogens is 258 g/mol. The van der Waals surface area contributed by atoms with E-state index in [9.17, 15) is 4.79 Å². The number of rotatable bonds is 5. The molecule has 0 unspecified atom stereocenters. The number of hydrogen-bond donors (Lipinski definition) is 3. The summed E-state index contributed by atoms with van der Waals surface area (Å²) in [6.45, 7) is 2.31. The monoisotopic (exact) mass is 277 g/mol. The molecule has 4 N–H and O–H groups in total. The van der Waals surface area contributed by atoms with Crippen LogP contribution in [0.4, 0.5) is 11.4 Å². The quantitative estimate of drug-likeness (QED) is 0.552. The molecule has 1 fully saturated rings. The summed E-state index contributed by atoms with van der Waals surface area (Å²) in [6, 6.07) is 3.60. The van der Waals surface area contributed by atoms with Crippen LogP contribution < -0.4 is 25.8 Å². The van der Waals surface area contributed by atoms with Gasteiger partial charge in [-0.15, -0.1) is 0 Å². The summed E-state index contributed by atoms with van der Waals surface area (Å²) in [5, 5.41) is 6.10. The second kappa shape index (κ2) is 5.48. The molecule has 1 aliphatic carbocycles. The minimum Gasteiger partial charge on any atom is -0.486 e. The Kier molecular flexibility index (Phi) is 3.54. The Labute approximate surface area is 117 Å². The fraction of sp³-hybridized carbons (Fsp3) is 0.500. The van der Waals surface area contributed by atoms with Crippen molar-refractivity contribution in [1.29, 1.82) is 0 Å². The second-order valence-corrected chi connectivity index (χ2v) is 5.08. The number of ether oxygens (including phenoxy) is 2. The highest BCUT2D eigenvalue weighted by Crippen LogP contribution is 2.36. The Bertz CT molecular complexity index is 515. The number of fused-ring (bicyclic) bond motifs is 1. The van der Waals surface area contributed by atoms with Gasteiger partial charge >= 0.3 is 0 Å². The molecule has 0 radical (unpaired) electrons. The lowest BCUT2D eigenvalue weighted by Gasteiger charge is -2.20. The standard InChI is InChI=1S/C14H19N3O3/c15-10-7-12-13(20-6-5-19-12)8-11(10)16-3-4-17-14(18)9-1-2-9/h7-9,16H,1-6,15H2,(H,17,18). The Morgan fingerprint density at radius 3 is 2.60 bits per heavy atom. The van der Waals surface area contributed by atoms with Gasteiger partial charge in [0.15, 0.2) is 11.5 Å². The van der Waals surface area contributed by atoms with Crippen LogP contribution in [-0.2, 0) is 4.79 Å². The first-order valence-electron chi connectivity index (χ1n) is 6.95. The van der Waals surface area contributed by atoms with Gasteiger partial charge in [0.25, 0.3) is 0 Å². The highest BCUT2D eigenvalue weighted by molar-refractivity contribution is 5.80. The number of nitrogen functional groups attached to an aromatic ring is 1. The first kappa shape index (κ1) is 12.9. The van der Waals surface area contributed by atoms with Crippen molar-refractivity contribution in [3.63, 3.8) is 0 Å². The van der Waals surface area contributed by atoms with Crippen LogP contribution in [0, 0.1) is 5.92 Å². The Morgan fingerprint density at radius 1 is 1.20 bits per heavy atom. The van der Waals surface area contributed by atoms with E-state index < -0.39 is 0 Å². The molecule has 1 heterocycles. The third kappa shape index (κ3) is 2.89. The molecule has 1 aromatic rings. The average molecular weight is 277 g/mol. The molecule has 2 aliphatic rings. The zero-order valence-corrected chi connectivity index (χ0v) is 11.3. The number of benzene rings is 1. The van der Waals surface area contributed by atoms with Gasteiger partial charge < -0.3 is 25.8 Å². The molecule has 1 saturated carbocycles. The summed E-state index contributed by atoms with van der Waals surface area (Å²) in [4.78, 5) is 11.5. The van der Waals surface area contributed by atoms with Crippen LogP contribution in [0.3, 0.4) is 0 Å². The summed E-state index contributed by atoms with van der Waals surface area (Å²) in [5.41, 5.74) is 7.37. The van der Waals surface area contributed by atoms with Crippen molar-refractivity contribution in [2.24, 2.45) is 5.92 Å². The molecule has 0 spiro atoms. The lowest BCUT2D eigenvalue weighted by Crippen LogP contribution is -2.30. The van der Waals surface area contributed by atoms with Crippen LogP contribution in [0.1, 0.15) is 12.8 Å². The maximum atomic E-state index is 11.5. The summed E-state index contributed by atoms with van der Waals surface area (Å²) in [7, 11) is 0.